The maximum Gasteiger partial charge on any atom is 0.283 e. The fraction of sp³-hybridized carbons (Fsp3) is 0.258. The summed E-state index contributed by atoms with van der Waals surface area (Å²) in [6.07, 6.45) is 2.70. The molecular formula is C31H32N3O6S4+. The zero-order chi connectivity index (χ0) is 30.9. The minimum Gasteiger partial charge on any atom is -0.334 e. The monoisotopic (exact) mass is 670 g/mol. The molecule has 0 unspecified atom stereocenters. The molecule has 0 aliphatic carbocycles. The number of fused-ring (bicyclic) bond motifs is 6. The molecule has 1 aromatic heterocycles. The first-order valence-corrected chi connectivity index (χ1v) is 19.1. The molecule has 230 valence electrons. The number of aromatic nitrogens is 1. The van der Waals surface area contributed by atoms with Crippen molar-refractivity contribution < 1.29 is 30.2 Å². The van der Waals surface area contributed by atoms with Gasteiger partial charge in [0.15, 0.2) is 6.54 Å². The molecule has 2 N–H and O–H groups in total. The van der Waals surface area contributed by atoms with Gasteiger partial charge in [-0.2, -0.15) is 31.2 Å². The molecule has 44 heavy (non-hydrogen) atoms. The SMILES string of the molecule is CCNOS(=O)(=O)CCCN1C(=Cc2sc3ccc4ccccc4c3[n+]2CCCS(=O)(=O)O)Sc2ccc3ccccc3c21. The molecular weight excluding hydrogens is 639 g/mol. The highest BCUT2D eigenvalue weighted by Gasteiger charge is 2.30. The van der Waals surface area contributed by atoms with Crippen LogP contribution in [-0.4, -0.2) is 46.0 Å². The van der Waals surface area contributed by atoms with Crippen molar-refractivity contribution in [2.24, 2.45) is 0 Å². The first-order chi connectivity index (χ1) is 21.1. The highest BCUT2D eigenvalue weighted by molar-refractivity contribution is 8.04. The maximum atomic E-state index is 12.4. The summed E-state index contributed by atoms with van der Waals surface area (Å²) >= 11 is 3.24. The van der Waals surface area contributed by atoms with Gasteiger partial charge in [0.1, 0.15) is 4.70 Å². The van der Waals surface area contributed by atoms with Crippen LogP contribution in [0.25, 0.3) is 37.8 Å². The molecule has 0 amide bonds. The number of hydrogen-bond acceptors (Lipinski definition) is 9. The second-order valence-corrected chi connectivity index (χ2v) is 15.8. The summed E-state index contributed by atoms with van der Waals surface area (Å²) < 4.78 is 65.5. The Morgan fingerprint density at radius 1 is 0.909 bits per heavy atom. The number of aryl methyl sites for hydroxylation is 1. The number of thiazole rings is 1. The number of benzene rings is 4. The van der Waals surface area contributed by atoms with Gasteiger partial charge in [0.2, 0.25) is 5.52 Å². The Hall–Kier alpha value is -3.04. The fourth-order valence-corrected chi connectivity index (χ4v) is 9.22. The van der Waals surface area contributed by atoms with Gasteiger partial charge < -0.3 is 4.90 Å². The van der Waals surface area contributed by atoms with Gasteiger partial charge in [-0.25, -0.2) is 0 Å². The molecule has 0 bridgehead atoms. The van der Waals surface area contributed by atoms with E-state index in [2.05, 4.69) is 69.6 Å². The summed E-state index contributed by atoms with van der Waals surface area (Å²) in [7, 11) is -7.84. The Morgan fingerprint density at radius 2 is 1.61 bits per heavy atom. The van der Waals surface area contributed by atoms with Crippen LogP contribution < -0.4 is 14.9 Å². The van der Waals surface area contributed by atoms with Gasteiger partial charge in [-0.15, -0.1) is 0 Å². The number of hydroxylamine groups is 1. The van der Waals surface area contributed by atoms with E-state index in [1.54, 1.807) is 30.0 Å². The van der Waals surface area contributed by atoms with Gasteiger partial charge in [-0.3, -0.25) is 4.55 Å². The van der Waals surface area contributed by atoms with Gasteiger partial charge in [0.25, 0.3) is 25.2 Å². The van der Waals surface area contributed by atoms with Gasteiger partial charge >= 0.3 is 0 Å². The number of hydrogen-bond donors (Lipinski definition) is 2. The molecule has 2 heterocycles. The molecule has 6 rings (SSSR count). The Balaban J connectivity index is 1.44. The van der Waals surface area contributed by atoms with Crippen LogP contribution in [0.3, 0.4) is 0 Å². The van der Waals surface area contributed by atoms with Crippen LogP contribution in [-0.2, 0) is 31.1 Å². The predicted octanol–water partition coefficient (Wildman–Crippen LogP) is 5.94. The summed E-state index contributed by atoms with van der Waals surface area (Å²) in [5.74, 6) is -0.473. The van der Waals surface area contributed by atoms with Gasteiger partial charge in [0, 0.05) is 29.8 Å². The van der Waals surface area contributed by atoms with E-state index in [9.17, 15) is 21.4 Å². The Morgan fingerprint density at radius 3 is 2.36 bits per heavy atom. The Bertz CT molecular complexity index is 2110. The lowest BCUT2D eigenvalue weighted by atomic mass is 10.1. The second-order valence-electron chi connectivity index (χ2n) is 10.4. The quantitative estimate of drug-likeness (QED) is 0.0945. The number of anilines is 1. The number of nitrogens with zero attached hydrogens (tertiary/aromatic N) is 2. The molecule has 0 saturated carbocycles. The second kappa shape index (κ2) is 12.8. The van der Waals surface area contributed by atoms with Crippen molar-refractivity contribution in [3.8, 4) is 0 Å². The molecule has 0 spiro atoms. The van der Waals surface area contributed by atoms with E-state index in [0.29, 0.717) is 26.1 Å². The highest BCUT2D eigenvalue weighted by atomic mass is 32.2. The zero-order valence-corrected chi connectivity index (χ0v) is 27.2. The fourth-order valence-electron chi connectivity index (χ4n) is 5.51. The van der Waals surface area contributed by atoms with E-state index >= 15 is 0 Å². The topological polar surface area (TPSA) is 117 Å². The van der Waals surface area contributed by atoms with Crippen LogP contribution in [0.15, 0.2) is 82.7 Å². The Kier molecular flexibility index (Phi) is 8.98. The van der Waals surface area contributed by atoms with Crippen LogP contribution in [0.5, 0.6) is 0 Å². The maximum absolute atomic E-state index is 12.4. The molecule has 0 saturated heterocycles. The highest BCUT2D eigenvalue weighted by Crippen LogP contribution is 2.50. The van der Waals surface area contributed by atoms with Crippen LogP contribution in [0.2, 0.25) is 0 Å². The minimum atomic E-state index is -4.10. The van der Waals surface area contributed by atoms with Crippen LogP contribution in [0.1, 0.15) is 24.8 Å². The van der Waals surface area contributed by atoms with Crippen molar-refractivity contribution >= 4 is 86.9 Å². The van der Waals surface area contributed by atoms with Gasteiger partial charge in [-0.05, 0) is 35.4 Å². The predicted molar refractivity (Wildman–Crippen MR) is 179 cm³/mol. The van der Waals surface area contributed by atoms with Crippen molar-refractivity contribution in [1.29, 1.82) is 0 Å². The average molecular weight is 671 g/mol. The summed E-state index contributed by atoms with van der Waals surface area (Å²) in [4.78, 5) is 3.25. The molecule has 5 aromatic rings. The molecule has 1 aliphatic rings. The molecule has 1 aliphatic heterocycles. The molecule has 9 nitrogen and oxygen atoms in total. The van der Waals surface area contributed by atoms with E-state index in [1.165, 1.54) is 0 Å². The van der Waals surface area contributed by atoms with Crippen molar-refractivity contribution in [2.45, 2.75) is 31.2 Å². The van der Waals surface area contributed by atoms with Gasteiger partial charge in [0.05, 0.1) is 33.7 Å². The Labute approximate surface area is 265 Å². The third kappa shape index (κ3) is 6.64. The zero-order valence-electron chi connectivity index (χ0n) is 24.0. The van der Waals surface area contributed by atoms with Crippen LogP contribution >= 0.6 is 23.1 Å². The van der Waals surface area contributed by atoms with E-state index < -0.39 is 20.2 Å². The standard InChI is InChI=1S/C31H31N3O6S4/c1-2-32-40-44(38,39)20-8-18-34-29(42-27-16-14-23-10-4-6-12-25(23)31(27)34)21-28-33(17-7-19-43(35,36)37)30-24-11-5-3-9-22(24)13-15-26(30)41-28/h3-6,9-16,21,32H,2,7-8,17-20H2,1H3/p+1. The lowest BCUT2D eigenvalue weighted by Gasteiger charge is -2.21. The third-order valence-electron chi connectivity index (χ3n) is 7.37. The molecule has 0 radical (unpaired) electrons. The molecule has 0 fully saturated rings. The number of thioether (sulfide) groups is 1. The van der Waals surface area contributed by atoms with Crippen LogP contribution in [0.4, 0.5) is 5.69 Å². The third-order valence-corrected chi connectivity index (χ3v) is 11.5. The largest absolute Gasteiger partial charge is 0.334 e. The number of nitrogens with one attached hydrogen (secondary N) is 1. The van der Waals surface area contributed by atoms with Crippen LogP contribution in [0, 0.1) is 0 Å². The summed E-state index contributed by atoms with van der Waals surface area (Å²) in [5.41, 5.74) is 4.48. The van der Waals surface area contributed by atoms with Crippen molar-refractivity contribution in [1.82, 2.24) is 5.48 Å². The molecule has 4 aromatic carbocycles. The minimum absolute atomic E-state index is 0.140. The van der Waals surface area contributed by atoms with Crippen molar-refractivity contribution in [2.75, 3.05) is 29.5 Å². The summed E-state index contributed by atoms with van der Waals surface area (Å²) in [6, 6.07) is 24.6. The van der Waals surface area contributed by atoms with E-state index in [0.717, 1.165) is 52.4 Å². The van der Waals surface area contributed by atoms with Gasteiger partial charge in [-0.1, -0.05) is 84.6 Å². The average Bonchev–Trinajstić information content (AvgIpc) is 3.53. The first kappa shape index (κ1) is 31.0. The van der Waals surface area contributed by atoms with E-state index in [-0.39, 0.29) is 17.9 Å². The molecule has 0 atom stereocenters. The van der Waals surface area contributed by atoms with Crippen molar-refractivity contribution in [3.63, 3.8) is 0 Å². The summed E-state index contributed by atoms with van der Waals surface area (Å²) in [6.45, 7) is 2.99. The lowest BCUT2D eigenvalue weighted by Crippen LogP contribution is -2.36. The number of rotatable bonds is 12. The van der Waals surface area contributed by atoms with E-state index in [4.69, 9.17) is 4.28 Å². The smallest absolute Gasteiger partial charge is 0.283 e. The van der Waals surface area contributed by atoms with E-state index in [1.807, 2.05) is 24.3 Å². The molecule has 13 heteroatoms. The normalized spacial score (nSPS) is 14.8. The first-order valence-electron chi connectivity index (χ1n) is 14.3. The lowest BCUT2D eigenvalue weighted by molar-refractivity contribution is -0.667. The summed E-state index contributed by atoms with van der Waals surface area (Å²) in [5, 5.41) is 6.19. The van der Waals surface area contributed by atoms with Crippen molar-refractivity contribution in [3.05, 3.63) is 82.8 Å².